The number of anilines is 1. The molecule has 0 saturated heterocycles. The molecule has 1 aromatic heterocycles. The van der Waals surface area contributed by atoms with Crippen molar-refractivity contribution in [3.63, 3.8) is 0 Å². The molecular formula is C18H25N3. The first-order chi connectivity index (χ1) is 10.3. The molecule has 1 aliphatic carbocycles. The van der Waals surface area contributed by atoms with Crippen LogP contribution in [0.3, 0.4) is 0 Å². The molecule has 1 fully saturated rings. The summed E-state index contributed by atoms with van der Waals surface area (Å²) in [5, 5.41) is 4.48. The molecule has 0 amide bonds. The molecule has 0 aliphatic heterocycles. The number of fused-ring (bicyclic) bond motifs is 1. The number of nitrogens with one attached hydrogen (secondary N) is 1. The van der Waals surface area contributed by atoms with Gasteiger partial charge in [0.15, 0.2) is 0 Å². The summed E-state index contributed by atoms with van der Waals surface area (Å²) in [7, 11) is 4.21. The summed E-state index contributed by atoms with van der Waals surface area (Å²) in [6.07, 6.45) is 6.84. The molecule has 21 heavy (non-hydrogen) atoms. The number of hydrogen-bond acceptors (Lipinski definition) is 3. The number of pyridine rings is 1. The van der Waals surface area contributed by atoms with Crippen LogP contribution in [0, 0.1) is 0 Å². The smallest absolute Gasteiger partial charge is 0.130 e. The van der Waals surface area contributed by atoms with Gasteiger partial charge in [0.25, 0.3) is 0 Å². The van der Waals surface area contributed by atoms with Gasteiger partial charge in [-0.15, -0.1) is 0 Å². The largest absolute Gasteiger partial charge is 0.373 e. The van der Waals surface area contributed by atoms with E-state index in [2.05, 4.69) is 41.5 Å². The van der Waals surface area contributed by atoms with E-state index in [1.165, 1.54) is 43.1 Å². The van der Waals surface area contributed by atoms with Gasteiger partial charge in [-0.2, -0.15) is 0 Å². The molecule has 0 radical (unpaired) electrons. The molecule has 1 aromatic carbocycles. The van der Waals surface area contributed by atoms with Gasteiger partial charge in [-0.05, 0) is 32.0 Å². The van der Waals surface area contributed by atoms with E-state index in [1.807, 2.05) is 13.1 Å². The Hall–Kier alpha value is -1.61. The molecule has 1 aliphatic rings. The molecule has 112 valence electrons. The normalized spacial score (nSPS) is 16.5. The fourth-order valence-electron chi connectivity index (χ4n) is 3.42. The second-order valence-electron chi connectivity index (χ2n) is 6.15. The summed E-state index contributed by atoms with van der Waals surface area (Å²) < 4.78 is 0. The summed E-state index contributed by atoms with van der Waals surface area (Å²) in [5.41, 5.74) is 2.36. The molecule has 1 N–H and O–H groups in total. The molecule has 0 bridgehead atoms. The molecule has 0 atom stereocenters. The summed E-state index contributed by atoms with van der Waals surface area (Å²) in [5.74, 6) is 1.01. The fraction of sp³-hybridized carbons (Fsp3) is 0.500. The Balaban J connectivity index is 1.84. The van der Waals surface area contributed by atoms with Gasteiger partial charge in [-0.3, -0.25) is 4.90 Å². The molecule has 2 aromatic rings. The van der Waals surface area contributed by atoms with Gasteiger partial charge < -0.3 is 5.32 Å². The highest BCUT2D eigenvalue weighted by Crippen LogP contribution is 2.26. The number of nitrogens with zero attached hydrogens (tertiary/aromatic N) is 2. The second-order valence-corrected chi connectivity index (χ2v) is 6.15. The van der Waals surface area contributed by atoms with Crippen LogP contribution < -0.4 is 5.32 Å². The third kappa shape index (κ3) is 3.18. The second kappa shape index (κ2) is 6.44. The third-order valence-electron chi connectivity index (χ3n) is 4.66. The lowest BCUT2D eigenvalue weighted by molar-refractivity contribution is 0.185. The predicted octanol–water partition coefficient (Wildman–Crippen LogP) is 4.04. The summed E-state index contributed by atoms with van der Waals surface area (Å²) in [4.78, 5) is 7.26. The van der Waals surface area contributed by atoms with E-state index in [0.717, 1.165) is 23.9 Å². The summed E-state index contributed by atoms with van der Waals surface area (Å²) in [6, 6.07) is 11.4. The van der Waals surface area contributed by atoms with Crippen LogP contribution in [-0.2, 0) is 6.54 Å². The van der Waals surface area contributed by atoms with E-state index in [1.54, 1.807) is 0 Å². The molecule has 0 spiro atoms. The van der Waals surface area contributed by atoms with Crippen molar-refractivity contribution in [1.82, 2.24) is 9.88 Å². The zero-order valence-corrected chi connectivity index (χ0v) is 13.1. The van der Waals surface area contributed by atoms with Crippen molar-refractivity contribution in [2.45, 2.75) is 44.7 Å². The first kappa shape index (κ1) is 14.3. The van der Waals surface area contributed by atoms with Crippen LogP contribution in [0.25, 0.3) is 10.9 Å². The van der Waals surface area contributed by atoms with Crippen LogP contribution in [0.5, 0.6) is 0 Å². The Labute approximate surface area is 127 Å². The van der Waals surface area contributed by atoms with Crippen LogP contribution in [0.4, 0.5) is 5.82 Å². The monoisotopic (exact) mass is 283 g/mol. The van der Waals surface area contributed by atoms with Gasteiger partial charge in [-0.1, -0.05) is 37.5 Å². The molecule has 1 saturated carbocycles. The zero-order chi connectivity index (χ0) is 14.7. The molecule has 3 nitrogen and oxygen atoms in total. The van der Waals surface area contributed by atoms with E-state index in [4.69, 9.17) is 4.98 Å². The predicted molar refractivity (Wildman–Crippen MR) is 89.6 cm³/mol. The number of hydrogen-bond donors (Lipinski definition) is 1. The topological polar surface area (TPSA) is 28.2 Å². The van der Waals surface area contributed by atoms with Gasteiger partial charge >= 0.3 is 0 Å². The number of para-hydroxylation sites is 1. The third-order valence-corrected chi connectivity index (χ3v) is 4.66. The first-order valence-corrected chi connectivity index (χ1v) is 8.04. The van der Waals surface area contributed by atoms with Crippen molar-refractivity contribution >= 4 is 16.7 Å². The van der Waals surface area contributed by atoms with E-state index < -0.39 is 0 Å². The standard InChI is InChI=1S/C18H25N3/c1-19-18-15(12-14-8-6-7-11-17(14)20-18)13-21(2)16-9-4-3-5-10-16/h6-8,11-12,16H,3-5,9-10,13H2,1-2H3,(H,19,20). The lowest BCUT2D eigenvalue weighted by Crippen LogP contribution is -2.33. The Morgan fingerprint density at radius 2 is 1.95 bits per heavy atom. The number of rotatable bonds is 4. The Morgan fingerprint density at radius 1 is 1.19 bits per heavy atom. The number of aromatic nitrogens is 1. The van der Waals surface area contributed by atoms with Gasteiger partial charge in [0.1, 0.15) is 5.82 Å². The van der Waals surface area contributed by atoms with Crippen molar-refractivity contribution in [2.75, 3.05) is 19.4 Å². The Kier molecular flexibility index (Phi) is 4.39. The number of benzene rings is 1. The minimum atomic E-state index is 0.731. The van der Waals surface area contributed by atoms with E-state index in [0.29, 0.717) is 0 Å². The lowest BCUT2D eigenvalue weighted by Gasteiger charge is -2.31. The van der Waals surface area contributed by atoms with Gasteiger partial charge in [-0.25, -0.2) is 4.98 Å². The average molecular weight is 283 g/mol. The highest BCUT2D eigenvalue weighted by atomic mass is 15.1. The van der Waals surface area contributed by atoms with Crippen molar-refractivity contribution in [3.8, 4) is 0 Å². The zero-order valence-electron chi connectivity index (χ0n) is 13.1. The van der Waals surface area contributed by atoms with E-state index in [-0.39, 0.29) is 0 Å². The summed E-state index contributed by atoms with van der Waals surface area (Å²) in [6.45, 7) is 0.971. The van der Waals surface area contributed by atoms with Crippen molar-refractivity contribution in [1.29, 1.82) is 0 Å². The van der Waals surface area contributed by atoms with Crippen LogP contribution in [0.1, 0.15) is 37.7 Å². The minimum absolute atomic E-state index is 0.731. The minimum Gasteiger partial charge on any atom is -0.373 e. The average Bonchev–Trinajstić information content (AvgIpc) is 2.55. The molecule has 1 heterocycles. The maximum Gasteiger partial charge on any atom is 0.130 e. The molecule has 3 heteroatoms. The van der Waals surface area contributed by atoms with Crippen molar-refractivity contribution < 1.29 is 0 Å². The van der Waals surface area contributed by atoms with Crippen LogP contribution in [-0.4, -0.2) is 30.0 Å². The molecule has 3 rings (SSSR count). The summed E-state index contributed by atoms with van der Waals surface area (Å²) >= 11 is 0. The van der Waals surface area contributed by atoms with Crippen molar-refractivity contribution in [3.05, 3.63) is 35.9 Å². The SMILES string of the molecule is CNc1nc2ccccc2cc1CN(C)C1CCCCC1. The first-order valence-electron chi connectivity index (χ1n) is 8.04. The van der Waals surface area contributed by atoms with Gasteiger partial charge in [0.05, 0.1) is 5.52 Å². The maximum absolute atomic E-state index is 4.75. The van der Waals surface area contributed by atoms with E-state index in [9.17, 15) is 0 Å². The Morgan fingerprint density at radius 3 is 2.71 bits per heavy atom. The highest BCUT2D eigenvalue weighted by molar-refractivity contribution is 5.81. The molecule has 0 unspecified atom stereocenters. The van der Waals surface area contributed by atoms with Crippen LogP contribution in [0.2, 0.25) is 0 Å². The molecular weight excluding hydrogens is 258 g/mol. The van der Waals surface area contributed by atoms with Crippen LogP contribution in [0.15, 0.2) is 30.3 Å². The quantitative estimate of drug-likeness (QED) is 0.918. The highest BCUT2D eigenvalue weighted by Gasteiger charge is 2.19. The van der Waals surface area contributed by atoms with Gasteiger partial charge in [0, 0.05) is 30.6 Å². The maximum atomic E-state index is 4.75. The van der Waals surface area contributed by atoms with E-state index >= 15 is 0 Å². The lowest BCUT2D eigenvalue weighted by atomic mass is 9.94. The van der Waals surface area contributed by atoms with Crippen LogP contribution >= 0.6 is 0 Å². The Bertz CT molecular complexity index is 602. The fourth-order valence-corrected chi connectivity index (χ4v) is 3.42. The van der Waals surface area contributed by atoms with Crippen molar-refractivity contribution in [2.24, 2.45) is 0 Å². The van der Waals surface area contributed by atoms with Gasteiger partial charge in [0.2, 0.25) is 0 Å².